The van der Waals surface area contributed by atoms with E-state index in [1.54, 1.807) is 23.8 Å². The van der Waals surface area contributed by atoms with Crippen LogP contribution in [0.15, 0.2) is 12.1 Å². The van der Waals surface area contributed by atoms with Gasteiger partial charge in [0.15, 0.2) is 0 Å². The molecule has 15 heavy (non-hydrogen) atoms. The van der Waals surface area contributed by atoms with E-state index in [1.165, 1.54) is 19.3 Å². The number of benzene rings is 1. The van der Waals surface area contributed by atoms with Crippen LogP contribution in [0, 0.1) is 0 Å². The second-order valence-corrected chi connectivity index (χ2v) is 4.81. The second kappa shape index (κ2) is 3.26. The first-order chi connectivity index (χ1) is 7.35. The van der Waals surface area contributed by atoms with Crippen molar-refractivity contribution in [2.45, 2.75) is 44.4 Å². The lowest BCUT2D eigenvalue weighted by atomic mass is 9.87. The topological polar surface area (TPSA) is 9.23 Å². The predicted octanol–water partition coefficient (Wildman–Crippen LogP) is 3.62. The molecule has 1 aromatic carbocycles. The molecule has 2 bridgehead atoms. The Morgan fingerprint density at radius 2 is 1.93 bits per heavy atom. The van der Waals surface area contributed by atoms with E-state index < -0.39 is 0 Å². The SMILES string of the molecule is CCc1ccc(OC)c2c1C1CCC2C1. The van der Waals surface area contributed by atoms with Crippen molar-refractivity contribution in [2.75, 3.05) is 7.11 Å². The normalized spacial score (nSPS) is 26.8. The fourth-order valence-corrected chi connectivity index (χ4v) is 3.56. The molecular formula is C14H18O. The minimum atomic E-state index is 0.798. The summed E-state index contributed by atoms with van der Waals surface area (Å²) in [4.78, 5) is 0. The van der Waals surface area contributed by atoms with Crippen LogP contribution < -0.4 is 4.74 Å². The summed E-state index contributed by atoms with van der Waals surface area (Å²) in [5.74, 6) is 2.77. The number of rotatable bonds is 2. The number of fused-ring (bicyclic) bond motifs is 5. The van der Waals surface area contributed by atoms with Crippen molar-refractivity contribution in [1.82, 2.24) is 0 Å². The first-order valence-corrected chi connectivity index (χ1v) is 6.04. The minimum Gasteiger partial charge on any atom is -0.496 e. The Balaban J connectivity index is 2.21. The van der Waals surface area contributed by atoms with Crippen LogP contribution in [-0.2, 0) is 6.42 Å². The van der Waals surface area contributed by atoms with E-state index in [0.29, 0.717) is 0 Å². The van der Waals surface area contributed by atoms with Gasteiger partial charge in [-0.1, -0.05) is 13.0 Å². The summed E-state index contributed by atoms with van der Waals surface area (Å²) >= 11 is 0. The molecule has 0 radical (unpaired) electrons. The molecule has 0 N–H and O–H groups in total. The summed E-state index contributed by atoms with van der Waals surface area (Å²) in [6.45, 7) is 2.26. The molecule has 80 valence electrons. The van der Waals surface area contributed by atoms with Gasteiger partial charge in [-0.3, -0.25) is 0 Å². The summed E-state index contributed by atoms with van der Waals surface area (Å²) in [5, 5.41) is 0. The van der Waals surface area contributed by atoms with Crippen LogP contribution in [0.25, 0.3) is 0 Å². The molecule has 0 saturated heterocycles. The van der Waals surface area contributed by atoms with Gasteiger partial charge in [-0.25, -0.2) is 0 Å². The number of aryl methyl sites for hydroxylation is 1. The molecular weight excluding hydrogens is 184 g/mol. The third kappa shape index (κ3) is 1.15. The van der Waals surface area contributed by atoms with E-state index in [0.717, 1.165) is 24.0 Å². The molecule has 0 amide bonds. The molecule has 1 aromatic rings. The quantitative estimate of drug-likeness (QED) is 0.711. The van der Waals surface area contributed by atoms with Crippen LogP contribution in [-0.4, -0.2) is 7.11 Å². The van der Waals surface area contributed by atoms with E-state index in [-0.39, 0.29) is 0 Å². The molecule has 1 saturated carbocycles. The molecule has 3 rings (SSSR count). The lowest BCUT2D eigenvalue weighted by Crippen LogP contribution is -2.04. The first kappa shape index (κ1) is 9.26. The van der Waals surface area contributed by atoms with E-state index in [1.807, 2.05) is 0 Å². The van der Waals surface area contributed by atoms with Gasteiger partial charge in [0.2, 0.25) is 0 Å². The van der Waals surface area contributed by atoms with Crippen molar-refractivity contribution in [2.24, 2.45) is 0 Å². The van der Waals surface area contributed by atoms with Gasteiger partial charge in [0.25, 0.3) is 0 Å². The number of hydrogen-bond acceptors (Lipinski definition) is 1. The van der Waals surface area contributed by atoms with Crippen molar-refractivity contribution in [3.63, 3.8) is 0 Å². The first-order valence-electron chi connectivity index (χ1n) is 6.04. The standard InChI is InChI=1S/C14H18O/c1-3-9-6-7-12(15-2)14-11-5-4-10(8-11)13(9)14/h6-7,10-11H,3-5,8H2,1-2H3. The third-order valence-corrected chi connectivity index (χ3v) is 4.19. The molecule has 2 unspecified atom stereocenters. The summed E-state index contributed by atoms with van der Waals surface area (Å²) in [7, 11) is 1.80. The van der Waals surface area contributed by atoms with Crippen LogP contribution >= 0.6 is 0 Å². The Morgan fingerprint density at radius 1 is 1.20 bits per heavy atom. The molecule has 0 heterocycles. The average molecular weight is 202 g/mol. The Kier molecular flexibility index (Phi) is 2.01. The molecule has 2 atom stereocenters. The molecule has 1 heteroatoms. The smallest absolute Gasteiger partial charge is 0.122 e. The van der Waals surface area contributed by atoms with Crippen LogP contribution in [0.1, 0.15) is 54.7 Å². The maximum Gasteiger partial charge on any atom is 0.122 e. The highest BCUT2D eigenvalue weighted by atomic mass is 16.5. The van der Waals surface area contributed by atoms with Gasteiger partial charge in [-0.2, -0.15) is 0 Å². The van der Waals surface area contributed by atoms with Gasteiger partial charge < -0.3 is 4.74 Å². The summed E-state index contributed by atoms with van der Waals surface area (Å²) in [6, 6.07) is 4.43. The lowest BCUT2D eigenvalue weighted by molar-refractivity contribution is 0.405. The monoisotopic (exact) mass is 202 g/mol. The molecule has 2 aliphatic carbocycles. The second-order valence-electron chi connectivity index (χ2n) is 4.81. The Bertz CT molecular complexity index is 358. The largest absolute Gasteiger partial charge is 0.496 e. The van der Waals surface area contributed by atoms with Gasteiger partial charge in [-0.15, -0.1) is 0 Å². The Labute approximate surface area is 91.5 Å². The van der Waals surface area contributed by atoms with Gasteiger partial charge in [-0.05, 0) is 54.7 Å². The highest BCUT2D eigenvalue weighted by Crippen LogP contribution is 2.56. The molecule has 1 nitrogen and oxygen atoms in total. The molecule has 2 aliphatic rings. The van der Waals surface area contributed by atoms with Gasteiger partial charge in [0.1, 0.15) is 5.75 Å². The Hall–Kier alpha value is -0.980. The molecule has 0 aliphatic heterocycles. The summed E-state index contributed by atoms with van der Waals surface area (Å²) in [5.41, 5.74) is 4.75. The zero-order chi connectivity index (χ0) is 10.4. The molecule has 1 fully saturated rings. The van der Waals surface area contributed by atoms with E-state index in [2.05, 4.69) is 19.1 Å². The average Bonchev–Trinajstić information content (AvgIpc) is 2.88. The third-order valence-electron chi connectivity index (χ3n) is 4.19. The maximum absolute atomic E-state index is 5.51. The molecule has 0 aromatic heterocycles. The van der Waals surface area contributed by atoms with Crippen molar-refractivity contribution in [3.05, 3.63) is 28.8 Å². The molecule has 0 spiro atoms. The van der Waals surface area contributed by atoms with E-state index in [9.17, 15) is 0 Å². The fourth-order valence-electron chi connectivity index (χ4n) is 3.56. The van der Waals surface area contributed by atoms with Gasteiger partial charge in [0.05, 0.1) is 7.11 Å². The minimum absolute atomic E-state index is 0.798. The van der Waals surface area contributed by atoms with Crippen LogP contribution in [0.5, 0.6) is 5.75 Å². The van der Waals surface area contributed by atoms with Crippen molar-refractivity contribution < 1.29 is 4.74 Å². The zero-order valence-corrected chi connectivity index (χ0v) is 9.55. The van der Waals surface area contributed by atoms with E-state index >= 15 is 0 Å². The van der Waals surface area contributed by atoms with Crippen LogP contribution in [0.3, 0.4) is 0 Å². The summed E-state index contributed by atoms with van der Waals surface area (Å²) in [6.07, 6.45) is 5.32. The Morgan fingerprint density at radius 3 is 2.60 bits per heavy atom. The van der Waals surface area contributed by atoms with Crippen molar-refractivity contribution in [1.29, 1.82) is 0 Å². The van der Waals surface area contributed by atoms with Crippen LogP contribution in [0.2, 0.25) is 0 Å². The lowest BCUT2D eigenvalue weighted by Gasteiger charge is -2.21. The maximum atomic E-state index is 5.51. The fraction of sp³-hybridized carbons (Fsp3) is 0.571. The number of hydrogen-bond donors (Lipinski definition) is 0. The van der Waals surface area contributed by atoms with Crippen molar-refractivity contribution >= 4 is 0 Å². The van der Waals surface area contributed by atoms with Gasteiger partial charge >= 0.3 is 0 Å². The van der Waals surface area contributed by atoms with E-state index in [4.69, 9.17) is 4.74 Å². The van der Waals surface area contributed by atoms with Gasteiger partial charge in [0, 0.05) is 5.56 Å². The number of methoxy groups -OCH3 is 1. The predicted molar refractivity (Wildman–Crippen MR) is 61.7 cm³/mol. The zero-order valence-electron chi connectivity index (χ0n) is 9.55. The highest BCUT2D eigenvalue weighted by Gasteiger charge is 2.40. The van der Waals surface area contributed by atoms with Crippen molar-refractivity contribution in [3.8, 4) is 5.75 Å². The highest BCUT2D eigenvalue weighted by molar-refractivity contribution is 5.54. The summed E-state index contributed by atoms with van der Waals surface area (Å²) < 4.78 is 5.51. The number of ether oxygens (including phenoxy) is 1. The van der Waals surface area contributed by atoms with Crippen LogP contribution in [0.4, 0.5) is 0 Å².